The molecule has 1 fully saturated rings. The number of nitrogens with one attached hydrogen (secondary N) is 1. The average Bonchev–Trinajstić information content (AvgIpc) is 3.16. The number of benzene rings is 1. The molecule has 1 atom stereocenters. The van der Waals surface area contributed by atoms with Crippen LogP contribution in [0, 0.1) is 5.92 Å². The molecule has 1 aromatic heterocycles. The third-order valence-corrected chi connectivity index (χ3v) is 5.69. The standard InChI is InChI=1S/C22H28N4O3/c1-15(2)24-21(27)17-8-10-25(11-9-17)22(28)20-18-13-29-19(12-26(18)14-23-20)16-6-4-3-5-7-16/h3-7,14-15,17,19H,8-13H2,1-2H3,(H,24,27). The van der Waals surface area contributed by atoms with Crippen molar-refractivity contribution in [1.82, 2.24) is 19.8 Å². The predicted octanol–water partition coefficient (Wildman–Crippen LogP) is 2.53. The molecular formula is C22H28N4O3. The Hall–Kier alpha value is -2.67. The highest BCUT2D eigenvalue weighted by molar-refractivity contribution is 5.93. The lowest BCUT2D eigenvalue weighted by Gasteiger charge is -2.32. The Morgan fingerprint density at radius 3 is 2.59 bits per heavy atom. The van der Waals surface area contributed by atoms with Crippen LogP contribution in [0.25, 0.3) is 0 Å². The number of nitrogens with zero attached hydrogens (tertiary/aromatic N) is 3. The Labute approximate surface area is 171 Å². The maximum Gasteiger partial charge on any atom is 0.274 e. The van der Waals surface area contributed by atoms with Gasteiger partial charge in [-0.3, -0.25) is 9.59 Å². The summed E-state index contributed by atoms with van der Waals surface area (Å²) in [6, 6.07) is 10.2. The van der Waals surface area contributed by atoms with Crippen molar-refractivity contribution in [3.8, 4) is 0 Å². The number of carbonyl (C=O) groups excluding carboxylic acids is 2. The van der Waals surface area contributed by atoms with Gasteiger partial charge in [0.15, 0.2) is 5.69 Å². The van der Waals surface area contributed by atoms with Crippen molar-refractivity contribution < 1.29 is 14.3 Å². The zero-order chi connectivity index (χ0) is 20.4. The number of fused-ring (bicyclic) bond motifs is 1. The molecule has 1 aromatic carbocycles. The summed E-state index contributed by atoms with van der Waals surface area (Å²) < 4.78 is 8.05. The van der Waals surface area contributed by atoms with E-state index in [0.29, 0.717) is 44.8 Å². The van der Waals surface area contributed by atoms with Gasteiger partial charge < -0.3 is 19.5 Å². The minimum absolute atomic E-state index is 0.0210. The molecule has 2 aliphatic heterocycles. The van der Waals surface area contributed by atoms with Crippen molar-refractivity contribution in [2.24, 2.45) is 5.92 Å². The lowest BCUT2D eigenvalue weighted by molar-refractivity contribution is -0.126. The summed E-state index contributed by atoms with van der Waals surface area (Å²) in [6.45, 7) is 6.10. The van der Waals surface area contributed by atoms with E-state index in [0.717, 1.165) is 11.3 Å². The minimum Gasteiger partial charge on any atom is -0.365 e. The third kappa shape index (κ3) is 4.19. The molecule has 0 radical (unpaired) electrons. The van der Waals surface area contributed by atoms with Crippen LogP contribution in [0.5, 0.6) is 0 Å². The van der Waals surface area contributed by atoms with Gasteiger partial charge in [-0.1, -0.05) is 30.3 Å². The Bertz CT molecular complexity index is 869. The normalized spacial score (nSPS) is 19.8. The molecule has 29 heavy (non-hydrogen) atoms. The van der Waals surface area contributed by atoms with Crippen molar-refractivity contribution in [1.29, 1.82) is 0 Å². The molecule has 7 heteroatoms. The van der Waals surface area contributed by atoms with Crippen LogP contribution in [0.15, 0.2) is 36.7 Å². The fourth-order valence-corrected chi connectivity index (χ4v) is 4.07. The fourth-order valence-electron chi connectivity index (χ4n) is 4.07. The summed E-state index contributed by atoms with van der Waals surface area (Å²) >= 11 is 0. The van der Waals surface area contributed by atoms with Crippen LogP contribution in [0.1, 0.15) is 54.5 Å². The first-order valence-corrected chi connectivity index (χ1v) is 10.3. The average molecular weight is 396 g/mol. The lowest BCUT2D eigenvalue weighted by Crippen LogP contribution is -2.44. The topological polar surface area (TPSA) is 76.5 Å². The van der Waals surface area contributed by atoms with E-state index in [2.05, 4.69) is 22.4 Å². The van der Waals surface area contributed by atoms with E-state index in [4.69, 9.17) is 4.74 Å². The van der Waals surface area contributed by atoms with E-state index in [1.807, 2.05) is 41.5 Å². The van der Waals surface area contributed by atoms with Crippen molar-refractivity contribution >= 4 is 11.8 Å². The highest BCUT2D eigenvalue weighted by Gasteiger charge is 2.32. The summed E-state index contributed by atoms with van der Waals surface area (Å²) in [5.41, 5.74) is 2.44. The number of carbonyl (C=O) groups is 2. The summed E-state index contributed by atoms with van der Waals surface area (Å²) in [4.78, 5) is 31.5. The monoisotopic (exact) mass is 396 g/mol. The number of likely N-dealkylation sites (tertiary alicyclic amines) is 1. The molecule has 0 spiro atoms. The summed E-state index contributed by atoms with van der Waals surface area (Å²) in [6.07, 6.45) is 3.08. The van der Waals surface area contributed by atoms with E-state index < -0.39 is 0 Å². The Morgan fingerprint density at radius 2 is 1.90 bits per heavy atom. The molecular weight excluding hydrogens is 368 g/mol. The van der Waals surface area contributed by atoms with Gasteiger partial charge in [0.2, 0.25) is 5.91 Å². The first-order chi connectivity index (χ1) is 14.0. The molecule has 154 valence electrons. The van der Waals surface area contributed by atoms with Gasteiger partial charge in [0.05, 0.1) is 25.2 Å². The van der Waals surface area contributed by atoms with E-state index in [-0.39, 0.29) is 29.9 Å². The van der Waals surface area contributed by atoms with Crippen LogP contribution in [0.4, 0.5) is 0 Å². The number of rotatable bonds is 4. The quantitative estimate of drug-likeness (QED) is 0.862. The smallest absolute Gasteiger partial charge is 0.274 e. The fraction of sp³-hybridized carbons (Fsp3) is 0.500. The van der Waals surface area contributed by atoms with Crippen molar-refractivity contribution in [2.45, 2.75) is 52.0 Å². The van der Waals surface area contributed by atoms with Gasteiger partial charge >= 0.3 is 0 Å². The second-order valence-electron chi connectivity index (χ2n) is 8.13. The number of piperidine rings is 1. The second-order valence-corrected chi connectivity index (χ2v) is 8.13. The number of amides is 2. The van der Waals surface area contributed by atoms with Gasteiger partial charge in [-0.15, -0.1) is 0 Å². The third-order valence-electron chi connectivity index (χ3n) is 5.69. The molecule has 0 bridgehead atoms. The SMILES string of the molecule is CC(C)NC(=O)C1CCN(C(=O)c2ncn3c2COC(c2ccccc2)C3)CC1. The van der Waals surface area contributed by atoms with Crippen molar-refractivity contribution in [3.05, 3.63) is 53.6 Å². The molecule has 2 aromatic rings. The largest absolute Gasteiger partial charge is 0.365 e. The van der Waals surface area contributed by atoms with Gasteiger partial charge in [0.25, 0.3) is 5.91 Å². The Morgan fingerprint density at radius 1 is 1.17 bits per heavy atom. The Kier molecular flexibility index (Phi) is 5.67. The highest BCUT2D eigenvalue weighted by Crippen LogP contribution is 2.28. The first-order valence-electron chi connectivity index (χ1n) is 10.3. The van der Waals surface area contributed by atoms with Crippen LogP contribution < -0.4 is 5.32 Å². The molecule has 3 heterocycles. The van der Waals surface area contributed by atoms with Crippen LogP contribution in [0.3, 0.4) is 0 Å². The maximum atomic E-state index is 13.0. The predicted molar refractivity (Wildman–Crippen MR) is 108 cm³/mol. The molecule has 2 aliphatic rings. The molecule has 1 saturated heterocycles. The molecule has 1 N–H and O–H groups in total. The molecule has 1 unspecified atom stereocenters. The zero-order valence-corrected chi connectivity index (χ0v) is 17.0. The molecule has 2 amide bonds. The molecule has 4 rings (SSSR count). The van der Waals surface area contributed by atoms with E-state index >= 15 is 0 Å². The minimum atomic E-state index is -0.0665. The number of hydrogen-bond acceptors (Lipinski definition) is 4. The van der Waals surface area contributed by atoms with Gasteiger partial charge in [-0.05, 0) is 32.3 Å². The van der Waals surface area contributed by atoms with Crippen LogP contribution >= 0.6 is 0 Å². The van der Waals surface area contributed by atoms with E-state index in [1.165, 1.54) is 0 Å². The van der Waals surface area contributed by atoms with E-state index in [1.54, 1.807) is 6.33 Å². The summed E-state index contributed by atoms with van der Waals surface area (Å²) in [7, 11) is 0. The summed E-state index contributed by atoms with van der Waals surface area (Å²) in [5.74, 6) is 0.00220. The van der Waals surface area contributed by atoms with Gasteiger partial charge in [0, 0.05) is 25.0 Å². The number of hydrogen-bond donors (Lipinski definition) is 1. The van der Waals surface area contributed by atoms with E-state index in [9.17, 15) is 9.59 Å². The highest BCUT2D eigenvalue weighted by atomic mass is 16.5. The van der Waals surface area contributed by atoms with Crippen molar-refractivity contribution in [3.63, 3.8) is 0 Å². The zero-order valence-electron chi connectivity index (χ0n) is 17.0. The maximum absolute atomic E-state index is 13.0. The second kappa shape index (κ2) is 8.37. The van der Waals surface area contributed by atoms with Crippen LogP contribution in [-0.2, 0) is 22.7 Å². The van der Waals surface area contributed by atoms with Crippen LogP contribution in [-0.4, -0.2) is 45.4 Å². The first kappa shape index (κ1) is 19.6. The lowest BCUT2D eigenvalue weighted by atomic mass is 9.95. The molecule has 0 saturated carbocycles. The number of aromatic nitrogens is 2. The molecule has 0 aliphatic carbocycles. The number of ether oxygens (including phenoxy) is 1. The van der Waals surface area contributed by atoms with Gasteiger partial charge in [-0.25, -0.2) is 4.98 Å². The van der Waals surface area contributed by atoms with Crippen molar-refractivity contribution in [2.75, 3.05) is 13.1 Å². The Balaban J connectivity index is 1.39. The van der Waals surface area contributed by atoms with Gasteiger partial charge in [-0.2, -0.15) is 0 Å². The number of imidazole rings is 1. The summed E-state index contributed by atoms with van der Waals surface area (Å²) in [5, 5.41) is 2.97. The van der Waals surface area contributed by atoms with Crippen LogP contribution in [0.2, 0.25) is 0 Å². The van der Waals surface area contributed by atoms with Gasteiger partial charge in [0.1, 0.15) is 6.10 Å². The molecule has 7 nitrogen and oxygen atoms in total.